The minimum atomic E-state index is 0.400. The summed E-state index contributed by atoms with van der Waals surface area (Å²) in [5, 5.41) is 8.01. The van der Waals surface area contributed by atoms with E-state index in [1.807, 2.05) is 12.3 Å². The van der Waals surface area contributed by atoms with Gasteiger partial charge in [-0.2, -0.15) is 5.10 Å². The molecule has 3 heteroatoms. The van der Waals surface area contributed by atoms with E-state index in [1.165, 1.54) is 17.5 Å². The van der Waals surface area contributed by atoms with Crippen molar-refractivity contribution in [2.45, 2.75) is 33.2 Å². The van der Waals surface area contributed by atoms with Crippen LogP contribution in [0.25, 0.3) is 11.1 Å². The number of aromatic nitrogens is 2. The molecule has 3 nitrogen and oxygen atoms in total. The molecule has 2 aromatic rings. The first-order valence-electron chi connectivity index (χ1n) is 7.52. The normalized spacial score (nSPS) is 14.2. The van der Waals surface area contributed by atoms with E-state index in [1.54, 1.807) is 0 Å². The standard InChI is InChI=1S/C17H25N3/c1-4-10-18-11-14(2)15(3)20-13-17(12-19-20)16-8-6-5-7-9-16/h5-9,12-15,18H,4,10-11H2,1-3H3. The Morgan fingerprint density at radius 3 is 2.60 bits per heavy atom. The van der Waals surface area contributed by atoms with Gasteiger partial charge in [0, 0.05) is 11.8 Å². The van der Waals surface area contributed by atoms with Gasteiger partial charge in [0.1, 0.15) is 0 Å². The van der Waals surface area contributed by atoms with Crippen LogP contribution in [0.15, 0.2) is 42.7 Å². The Kier molecular flexibility index (Phi) is 5.36. The second kappa shape index (κ2) is 7.25. The predicted molar refractivity (Wildman–Crippen MR) is 84.7 cm³/mol. The molecule has 2 rings (SSSR count). The molecule has 0 radical (unpaired) electrons. The molecular weight excluding hydrogens is 246 g/mol. The fourth-order valence-corrected chi connectivity index (χ4v) is 2.28. The molecule has 0 bridgehead atoms. The van der Waals surface area contributed by atoms with Gasteiger partial charge in [0.2, 0.25) is 0 Å². The third-order valence-electron chi connectivity index (χ3n) is 3.84. The van der Waals surface area contributed by atoms with Crippen LogP contribution in [0.4, 0.5) is 0 Å². The quantitative estimate of drug-likeness (QED) is 0.777. The Morgan fingerprint density at radius 2 is 1.90 bits per heavy atom. The number of nitrogens with zero attached hydrogens (tertiary/aromatic N) is 2. The topological polar surface area (TPSA) is 29.9 Å². The average Bonchev–Trinajstić information content (AvgIpc) is 2.97. The summed E-state index contributed by atoms with van der Waals surface area (Å²) in [4.78, 5) is 0. The third kappa shape index (κ3) is 3.70. The molecule has 0 spiro atoms. The Bertz CT molecular complexity index is 504. The molecule has 2 unspecified atom stereocenters. The minimum absolute atomic E-state index is 0.400. The molecule has 1 aromatic carbocycles. The van der Waals surface area contributed by atoms with Crippen LogP contribution in [0, 0.1) is 5.92 Å². The SMILES string of the molecule is CCCNCC(C)C(C)n1cc(-c2ccccc2)cn1. The van der Waals surface area contributed by atoms with E-state index in [4.69, 9.17) is 0 Å². The first-order valence-corrected chi connectivity index (χ1v) is 7.52. The largest absolute Gasteiger partial charge is 0.316 e. The van der Waals surface area contributed by atoms with Gasteiger partial charge >= 0.3 is 0 Å². The first kappa shape index (κ1) is 14.8. The van der Waals surface area contributed by atoms with Crippen molar-refractivity contribution in [3.8, 4) is 11.1 Å². The van der Waals surface area contributed by atoms with E-state index in [2.05, 4.69) is 66.3 Å². The summed E-state index contributed by atoms with van der Waals surface area (Å²) < 4.78 is 2.08. The number of benzene rings is 1. The van der Waals surface area contributed by atoms with Gasteiger partial charge in [0.05, 0.1) is 12.2 Å². The van der Waals surface area contributed by atoms with Gasteiger partial charge in [-0.15, -0.1) is 0 Å². The Hall–Kier alpha value is -1.61. The molecule has 1 aromatic heterocycles. The Morgan fingerprint density at radius 1 is 1.15 bits per heavy atom. The summed E-state index contributed by atoms with van der Waals surface area (Å²) in [5.41, 5.74) is 2.41. The van der Waals surface area contributed by atoms with Gasteiger partial charge in [-0.3, -0.25) is 4.68 Å². The highest BCUT2D eigenvalue weighted by Gasteiger charge is 2.15. The zero-order chi connectivity index (χ0) is 14.4. The van der Waals surface area contributed by atoms with Crippen molar-refractivity contribution in [3.05, 3.63) is 42.7 Å². The van der Waals surface area contributed by atoms with Gasteiger partial charge in [-0.05, 0) is 37.9 Å². The molecule has 1 N–H and O–H groups in total. The maximum absolute atomic E-state index is 4.53. The van der Waals surface area contributed by atoms with Crippen molar-refractivity contribution in [2.75, 3.05) is 13.1 Å². The molecule has 0 saturated carbocycles. The van der Waals surface area contributed by atoms with Crippen molar-refractivity contribution >= 4 is 0 Å². The van der Waals surface area contributed by atoms with Gasteiger partial charge in [0.25, 0.3) is 0 Å². The molecule has 2 atom stereocenters. The molecular formula is C17H25N3. The van der Waals surface area contributed by atoms with Crippen LogP contribution in [-0.4, -0.2) is 22.9 Å². The van der Waals surface area contributed by atoms with Gasteiger partial charge < -0.3 is 5.32 Å². The summed E-state index contributed by atoms with van der Waals surface area (Å²) >= 11 is 0. The summed E-state index contributed by atoms with van der Waals surface area (Å²) in [7, 11) is 0. The van der Waals surface area contributed by atoms with Crippen molar-refractivity contribution in [1.82, 2.24) is 15.1 Å². The highest BCUT2D eigenvalue weighted by Crippen LogP contribution is 2.22. The molecule has 0 saturated heterocycles. The van der Waals surface area contributed by atoms with E-state index >= 15 is 0 Å². The van der Waals surface area contributed by atoms with Crippen molar-refractivity contribution in [2.24, 2.45) is 5.92 Å². The maximum atomic E-state index is 4.53. The second-order valence-electron chi connectivity index (χ2n) is 5.50. The lowest BCUT2D eigenvalue weighted by Crippen LogP contribution is -2.27. The van der Waals surface area contributed by atoms with E-state index < -0.39 is 0 Å². The molecule has 20 heavy (non-hydrogen) atoms. The number of hydrogen-bond donors (Lipinski definition) is 1. The van der Waals surface area contributed by atoms with Crippen LogP contribution in [0.2, 0.25) is 0 Å². The van der Waals surface area contributed by atoms with Crippen LogP contribution >= 0.6 is 0 Å². The number of rotatable bonds is 7. The lowest BCUT2D eigenvalue weighted by atomic mass is 10.0. The smallest absolute Gasteiger partial charge is 0.0568 e. The molecule has 0 aliphatic carbocycles. The fraction of sp³-hybridized carbons (Fsp3) is 0.471. The highest BCUT2D eigenvalue weighted by molar-refractivity contribution is 5.61. The van der Waals surface area contributed by atoms with Crippen LogP contribution in [-0.2, 0) is 0 Å². The lowest BCUT2D eigenvalue weighted by molar-refractivity contribution is 0.337. The molecule has 0 amide bonds. The monoisotopic (exact) mass is 271 g/mol. The minimum Gasteiger partial charge on any atom is -0.316 e. The Labute approximate surface area is 122 Å². The summed E-state index contributed by atoms with van der Waals surface area (Å²) in [6, 6.07) is 10.8. The van der Waals surface area contributed by atoms with Crippen LogP contribution in [0.5, 0.6) is 0 Å². The Balaban J connectivity index is 2.01. The number of hydrogen-bond acceptors (Lipinski definition) is 2. The zero-order valence-electron chi connectivity index (χ0n) is 12.7. The molecule has 108 valence electrons. The molecule has 0 aliphatic heterocycles. The van der Waals surface area contributed by atoms with Crippen molar-refractivity contribution in [1.29, 1.82) is 0 Å². The average molecular weight is 271 g/mol. The third-order valence-corrected chi connectivity index (χ3v) is 3.84. The lowest BCUT2D eigenvalue weighted by Gasteiger charge is -2.20. The second-order valence-corrected chi connectivity index (χ2v) is 5.50. The van der Waals surface area contributed by atoms with E-state index in [-0.39, 0.29) is 0 Å². The summed E-state index contributed by atoms with van der Waals surface area (Å²) in [6.07, 6.45) is 5.29. The van der Waals surface area contributed by atoms with Gasteiger partial charge in [-0.1, -0.05) is 44.2 Å². The maximum Gasteiger partial charge on any atom is 0.0568 e. The van der Waals surface area contributed by atoms with E-state index in [9.17, 15) is 0 Å². The molecule has 0 fully saturated rings. The van der Waals surface area contributed by atoms with Gasteiger partial charge in [0.15, 0.2) is 0 Å². The van der Waals surface area contributed by atoms with Crippen molar-refractivity contribution in [3.63, 3.8) is 0 Å². The van der Waals surface area contributed by atoms with Crippen LogP contribution in [0.1, 0.15) is 33.2 Å². The predicted octanol–water partition coefficient (Wildman–Crippen LogP) is 3.75. The molecule has 0 aliphatic rings. The van der Waals surface area contributed by atoms with E-state index in [0.29, 0.717) is 12.0 Å². The van der Waals surface area contributed by atoms with Gasteiger partial charge in [-0.25, -0.2) is 0 Å². The van der Waals surface area contributed by atoms with Crippen LogP contribution < -0.4 is 5.32 Å². The number of nitrogens with one attached hydrogen (secondary N) is 1. The highest BCUT2D eigenvalue weighted by atomic mass is 15.3. The zero-order valence-corrected chi connectivity index (χ0v) is 12.7. The fourth-order valence-electron chi connectivity index (χ4n) is 2.28. The summed E-state index contributed by atoms with van der Waals surface area (Å²) in [6.45, 7) is 8.83. The summed E-state index contributed by atoms with van der Waals surface area (Å²) in [5.74, 6) is 0.560. The van der Waals surface area contributed by atoms with Crippen LogP contribution in [0.3, 0.4) is 0 Å². The first-order chi connectivity index (χ1) is 9.72. The van der Waals surface area contributed by atoms with E-state index in [0.717, 1.165) is 13.1 Å². The van der Waals surface area contributed by atoms with Crippen molar-refractivity contribution < 1.29 is 0 Å². The molecule has 1 heterocycles.